The monoisotopic (exact) mass is 1310 g/mol. The van der Waals surface area contributed by atoms with Crippen LogP contribution in [0.2, 0.25) is 0 Å². The van der Waals surface area contributed by atoms with Gasteiger partial charge in [-0.15, -0.1) is 0 Å². The van der Waals surface area contributed by atoms with Crippen LogP contribution >= 0.6 is 34.3 Å². The molecule has 12 aromatic rings. The van der Waals surface area contributed by atoms with Gasteiger partial charge in [0.25, 0.3) is 0 Å². The van der Waals surface area contributed by atoms with Crippen molar-refractivity contribution in [3.8, 4) is 0 Å². The molecule has 0 nitrogen and oxygen atoms in total. The zero-order valence-electron chi connectivity index (χ0n) is 50.3. The average molecular weight is 1310 g/mol. The first-order chi connectivity index (χ1) is 40.9. The molecule has 0 amide bonds. The quantitative estimate of drug-likeness (QED) is 0.105. The summed E-state index contributed by atoms with van der Waals surface area (Å²) in [5.74, 6) is 0. The van der Waals surface area contributed by atoms with E-state index in [2.05, 4.69) is 395 Å². The van der Waals surface area contributed by atoms with Gasteiger partial charge in [-0.2, -0.15) is 0 Å². The first-order valence-corrected chi connectivity index (χ1v) is 32.6. The summed E-state index contributed by atoms with van der Waals surface area (Å²) in [6, 6.07) is 119. The van der Waals surface area contributed by atoms with Crippen molar-refractivity contribution >= 4 is 126 Å². The Morgan fingerprint density at radius 2 is 0.212 bits per heavy atom. The molecule has 12 aromatic carbocycles. The first-order valence-electron chi connectivity index (χ1n) is 28.6. The standard InChI is InChI=1S/4C12H11P.4C8H10.Ba.2H/c4*1-3-7-11(8-4-1)13-12-9-5-2-6-10-12;4*1-7-3-5-8(2)6-4-7;;;/h4*1-10,13H;4*3-6H,1-2H3;;;. The average Bonchev–Trinajstić information content (AvgIpc) is 3.54. The van der Waals surface area contributed by atoms with Crippen molar-refractivity contribution in [1.82, 2.24) is 0 Å². The van der Waals surface area contributed by atoms with E-state index in [-0.39, 0.29) is 48.9 Å². The van der Waals surface area contributed by atoms with Crippen molar-refractivity contribution in [1.29, 1.82) is 0 Å². The Balaban J connectivity index is 0.000000210. The van der Waals surface area contributed by atoms with Crippen LogP contribution in [0.3, 0.4) is 0 Å². The van der Waals surface area contributed by atoms with Crippen LogP contribution in [0.4, 0.5) is 0 Å². The predicted octanol–water partition coefficient (Wildman–Crippen LogP) is 17.6. The Labute approximate surface area is 559 Å². The van der Waals surface area contributed by atoms with Crippen LogP contribution in [0, 0.1) is 55.4 Å². The summed E-state index contributed by atoms with van der Waals surface area (Å²) < 4.78 is 0. The van der Waals surface area contributed by atoms with Gasteiger partial charge < -0.3 is 0 Å². The Morgan fingerprint density at radius 3 is 0.294 bits per heavy atom. The Hall–Kier alpha value is -6.07. The number of rotatable bonds is 8. The summed E-state index contributed by atoms with van der Waals surface area (Å²) in [5.41, 5.74) is 10.6. The molecule has 0 radical (unpaired) electrons. The van der Waals surface area contributed by atoms with Crippen LogP contribution in [0.1, 0.15) is 44.5 Å². The van der Waals surface area contributed by atoms with Crippen LogP contribution in [0.25, 0.3) is 0 Å². The molecule has 0 aliphatic rings. The molecule has 5 heteroatoms. The second-order valence-electron chi connectivity index (χ2n) is 20.0. The van der Waals surface area contributed by atoms with Crippen molar-refractivity contribution in [3.05, 3.63) is 384 Å². The van der Waals surface area contributed by atoms with Crippen LogP contribution in [0.15, 0.2) is 340 Å². The molecule has 0 atom stereocenters. The molecule has 0 unspecified atom stereocenters. The zero-order valence-corrected chi connectivity index (χ0v) is 54.3. The summed E-state index contributed by atoms with van der Waals surface area (Å²) >= 11 is 0. The van der Waals surface area contributed by atoms with Gasteiger partial charge in [0.1, 0.15) is 0 Å². The molecule has 0 N–H and O–H groups in total. The van der Waals surface area contributed by atoms with Crippen molar-refractivity contribution in [2.24, 2.45) is 0 Å². The number of hydrogen-bond acceptors (Lipinski definition) is 0. The topological polar surface area (TPSA) is 0 Å². The summed E-state index contributed by atoms with van der Waals surface area (Å²) in [6.07, 6.45) is 0. The van der Waals surface area contributed by atoms with Gasteiger partial charge >= 0.3 is 48.9 Å². The molecule has 0 saturated heterocycles. The van der Waals surface area contributed by atoms with Gasteiger partial charge in [-0.25, -0.2) is 0 Å². The molecule has 0 saturated carbocycles. The van der Waals surface area contributed by atoms with Gasteiger partial charge in [0.05, 0.1) is 0 Å². The Bertz CT molecular complexity index is 2770. The third-order valence-corrected chi connectivity index (χ3v) is 17.2. The molecule has 0 fully saturated rings. The first kappa shape index (κ1) is 71.4. The predicted molar refractivity (Wildman–Crippen MR) is 394 cm³/mol. The fourth-order valence-corrected chi connectivity index (χ4v) is 11.6. The van der Waals surface area contributed by atoms with E-state index in [1.807, 2.05) is 0 Å². The number of benzene rings is 12. The molecule has 85 heavy (non-hydrogen) atoms. The summed E-state index contributed by atoms with van der Waals surface area (Å²) in [4.78, 5) is 0. The molecule has 0 bridgehead atoms. The van der Waals surface area contributed by atoms with E-state index in [0.717, 1.165) is 34.3 Å². The van der Waals surface area contributed by atoms with Crippen molar-refractivity contribution in [3.63, 3.8) is 0 Å². The minimum atomic E-state index is 0. The Kier molecular flexibility index (Phi) is 37.3. The maximum absolute atomic E-state index is 2.17. The molecule has 428 valence electrons. The van der Waals surface area contributed by atoms with E-state index >= 15 is 0 Å². The van der Waals surface area contributed by atoms with Gasteiger partial charge in [0.2, 0.25) is 0 Å². The smallest absolute Gasteiger partial charge is 0.0226 e. The van der Waals surface area contributed by atoms with Gasteiger partial charge in [-0.3, -0.25) is 0 Å². The fraction of sp³-hybridized carbons (Fsp3) is 0.100. The maximum Gasteiger partial charge on any atom is -0.0226 e. The van der Waals surface area contributed by atoms with Crippen LogP contribution in [0.5, 0.6) is 0 Å². The molecule has 12 rings (SSSR count). The second-order valence-corrected chi connectivity index (χ2v) is 25.7. The van der Waals surface area contributed by atoms with E-state index in [9.17, 15) is 0 Å². The third-order valence-electron chi connectivity index (χ3n) is 12.2. The molecular formula is C80H86BaP4. The van der Waals surface area contributed by atoms with Gasteiger partial charge in [0, 0.05) is 0 Å². The molecule has 0 spiro atoms. The van der Waals surface area contributed by atoms with E-state index < -0.39 is 0 Å². The van der Waals surface area contributed by atoms with Crippen molar-refractivity contribution < 1.29 is 0 Å². The van der Waals surface area contributed by atoms with E-state index in [1.54, 1.807) is 0 Å². The maximum atomic E-state index is 2.17. The van der Waals surface area contributed by atoms with E-state index in [0.29, 0.717) is 0 Å². The largest absolute Gasteiger partial charge is 0.0622 e. The van der Waals surface area contributed by atoms with Crippen LogP contribution < -0.4 is 42.4 Å². The third kappa shape index (κ3) is 34.6. The minimum Gasteiger partial charge on any atom is -0.0622 e. The van der Waals surface area contributed by atoms with E-state index in [4.69, 9.17) is 0 Å². The van der Waals surface area contributed by atoms with E-state index in [1.165, 1.54) is 86.9 Å². The summed E-state index contributed by atoms with van der Waals surface area (Å²) in [7, 11) is 3.11. The Morgan fingerprint density at radius 1 is 0.129 bits per heavy atom. The van der Waals surface area contributed by atoms with Crippen molar-refractivity contribution in [2.75, 3.05) is 0 Å². The fourth-order valence-electron chi connectivity index (χ4n) is 7.39. The van der Waals surface area contributed by atoms with Gasteiger partial charge in [-0.05, 0) is 97.8 Å². The number of hydrogen-bond donors (Lipinski definition) is 0. The minimum absolute atomic E-state index is 0. The SMILES string of the molecule is Cc1ccc(C)cc1.Cc1ccc(C)cc1.Cc1ccc(C)cc1.Cc1ccc(C)cc1.[BaH2].c1ccc(Pc2ccccc2)cc1.c1ccc(Pc2ccccc2)cc1.c1ccc(Pc2ccccc2)cc1.c1ccc(Pc2ccccc2)cc1. The molecule has 0 aliphatic heterocycles. The molecule has 0 aliphatic carbocycles. The summed E-state index contributed by atoms with van der Waals surface area (Å²) in [5, 5.41) is 11.2. The van der Waals surface area contributed by atoms with Crippen molar-refractivity contribution in [2.45, 2.75) is 55.4 Å². The number of aryl methyl sites for hydroxylation is 8. The zero-order chi connectivity index (χ0) is 59.7. The normalized spacial score (nSPS) is 9.51. The molecular weight excluding hydrogens is 1220 g/mol. The summed E-state index contributed by atoms with van der Waals surface area (Å²) in [6.45, 7) is 16.8. The van der Waals surface area contributed by atoms with Gasteiger partial charge in [0.15, 0.2) is 0 Å². The van der Waals surface area contributed by atoms with Gasteiger partial charge in [-0.1, -0.05) is 419 Å². The molecule has 0 heterocycles. The van der Waals surface area contributed by atoms with Crippen LogP contribution in [-0.4, -0.2) is 48.9 Å². The van der Waals surface area contributed by atoms with Crippen LogP contribution in [-0.2, 0) is 0 Å². The molecule has 0 aromatic heterocycles. The second kappa shape index (κ2) is 44.4.